The van der Waals surface area contributed by atoms with E-state index in [1.54, 1.807) is 0 Å². The van der Waals surface area contributed by atoms with E-state index >= 15 is 0 Å². The molecule has 3 aliphatic rings. The lowest BCUT2D eigenvalue weighted by Crippen LogP contribution is -2.66. The smallest absolute Gasteiger partial charge is 0.220 e. The summed E-state index contributed by atoms with van der Waals surface area (Å²) in [7, 11) is 0. The molecule has 0 aromatic rings. The van der Waals surface area contributed by atoms with Crippen LogP contribution in [-0.4, -0.2) is 193 Å². The molecule has 0 radical (unpaired) electrons. The van der Waals surface area contributed by atoms with Gasteiger partial charge in [0.2, 0.25) is 5.91 Å². The van der Waals surface area contributed by atoms with Crippen molar-refractivity contribution in [1.82, 2.24) is 5.32 Å². The molecule has 0 spiro atoms. The average Bonchev–Trinajstić information content (AvgIpc) is 2.92. The first-order valence-corrected chi connectivity index (χ1v) is 33.3. The fraction of sp³-hybridized carbons (Fsp3) is 0.984. The summed E-state index contributed by atoms with van der Waals surface area (Å²) in [6.07, 6.45) is 20.4. The Morgan fingerprint density at radius 1 is 0.390 bits per heavy atom. The van der Waals surface area contributed by atoms with Crippen LogP contribution in [0.2, 0.25) is 0 Å². The Morgan fingerprint density at radius 2 is 0.695 bits per heavy atom. The monoisotopic (exact) mass is 1180 g/mol. The third-order valence-electron chi connectivity index (χ3n) is 17.2. The molecular weight excluding hydrogens is 1060 g/mol. The number of unbranched alkanes of at least 4 members (excludes halogenated alkanes) is 35. The van der Waals surface area contributed by atoms with Crippen LogP contribution in [0.1, 0.15) is 264 Å². The molecule has 3 rings (SSSR count). The van der Waals surface area contributed by atoms with Crippen LogP contribution in [0, 0.1) is 0 Å². The molecule has 82 heavy (non-hydrogen) atoms. The number of ether oxygens (including phenoxy) is 6. The molecule has 3 saturated heterocycles. The third-order valence-corrected chi connectivity index (χ3v) is 17.2. The molecule has 486 valence electrons. The summed E-state index contributed by atoms with van der Waals surface area (Å²) in [5.74, 6) is -0.237. The molecule has 0 bridgehead atoms. The van der Waals surface area contributed by atoms with Gasteiger partial charge in [-0.1, -0.05) is 245 Å². The second-order valence-electron chi connectivity index (χ2n) is 24.3. The van der Waals surface area contributed by atoms with Crippen molar-refractivity contribution in [3.05, 3.63) is 0 Å². The first kappa shape index (κ1) is 75.0. The molecule has 19 heteroatoms. The van der Waals surface area contributed by atoms with Crippen molar-refractivity contribution in [2.45, 2.75) is 369 Å². The molecule has 0 aliphatic carbocycles. The van der Waals surface area contributed by atoms with Crippen LogP contribution in [0.3, 0.4) is 0 Å². The maximum absolute atomic E-state index is 13.4. The van der Waals surface area contributed by atoms with Crippen molar-refractivity contribution >= 4 is 5.91 Å². The SMILES string of the molecule is CCCCCCCCCCCCCCCCCCCCCCCCC(O)C(COC1OC(CO)C(OC2OC(CO)C(OC3OC(CO)C(O)C(O)C3O)C(O)C2O)C(O)C1O)NC(=O)CCCCCCCCCCCCCCCCC. The van der Waals surface area contributed by atoms with Gasteiger partial charge >= 0.3 is 0 Å². The Labute approximate surface area is 493 Å². The summed E-state index contributed by atoms with van der Waals surface area (Å²) < 4.78 is 34.4. The number of hydrogen-bond acceptors (Lipinski definition) is 18. The van der Waals surface area contributed by atoms with E-state index in [0.29, 0.717) is 12.8 Å². The van der Waals surface area contributed by atoms with Crippen molar-refractivity contribution in [1.29, 1.82) is 0 Å². The zero-order valence-corrected chi connectivity index (χ0v) is 51.0. The van der Waals surface area contributed by atoms with Crippen molar-refractivity contribution in [2.24, 2.45) is 0 Å². The highest BCUT2D eigenvalue weighted by Crippen LogP contribution is 2.33. The molecule has 17 unspecified atom stereocenters. The van der Waals surface area contributed by atoms with E-state index in [-0.39, 0.29) is 18.9 Å². The Kier molecular flexibility index (Phi) is 42.9. The van der Waals surface area contributed by atoms with E-state index < -0.39 is 124 Å². The van der Waals surface area contributed by atoms with Crippen LogP contribution >= 0.6 is 0 Å². The predicted octanol–water partition coefficient (Wildman–Crippen LogP) is 7.55. The summed E-state index contributed by atoms with van der Waals surface area (Å²) in [6, 6.07) is -0.880. The lowest BCUT2D eigenvalue weighted by Gasteiger charge is -2.48. The fourth-order valence-electron chi connectivity index (χ4n) is 11.7. The van der Waals surface area contributed by atoms with Crippen molar-refractivity contribution in [3.63, 3.8) is 0 Å². The van der Waals surface area contributed by atoms with Gasteiger partial charge in [-0.05, 0) is 12.8 Å². The molecular formula is C63H121NO18. The van der Waals surface area contributed by atoms with Crippen LogP contribution in [0.4, 0.5) is 0 Å². The highest BCUT2D eigenvalue weighted by atomic mass is 16.8. The summed E-state index contributed by atoms with van der Waals surface area (Å²) >= 11 is 0. The zero-order valence-electron chi connectivity index (χ0n) is 51.0. The van der Waals surface area contributed by atoms with E-state index in [9.17, 15) is 61.0 Å². The summed E-state index contributed by atoms with van der Waals surface area (Å²) in [4.78, 5) is 13.4. The van der Waals surface area contributed by atoms with Gasteiger partial charge < -0.3 is 89.9 Å². The minimum atomic E-state index is -1.97. The second kappa shape index (κ2) is 46.9. The highest BCUT2D eigenvalue weighted by Gasteiger charge is 2.53. The second-order valence-corrected chi connectivity index (χ2v) is 24.3. The Bertz CT molecular complexity index is 1500. The third kappa shape index (κ3) is 29.7. The number of aliphatic hydroxyl groups excluding tert-OH is 11. The van der Waals surface area contributed by atoms with E-state index in [0.717, 1.165) is 44.9 Å². The van der Waals surface area contributed by atoms with Gasteiger partial charge in [0.05, 0.1) is 38.6 Å². The summed E-state index contributed by atoms with van der Waals surface area (Å²) in [5.41, 5.74) is 0. The molecule has 0 aromatic carbocycles. The molecule has 3 fully saturated rings. The van der Waals surface area contributed by atoms with Crippen LogP contribution in [0.15, 0.2) is 0 Å². The predicted molar refractivity (Wildman–Crippen MR) is 314 cm³/mol. The van der Waals surface area contributed by atoms with Gasteiger partial charge in [0.1, 0.15) is 73.2 Å². The number of carbonyl (C=O) groups is 1. The molecule has 3 heterocycles. The highest BCUT2D eigenvalue weighted by molar-refractivity contribution is 5.76. The normalized spacial score (nSPS) is 29.5. The number of nitrogens with one attached hydrogen (secondary N) is 1. The number of hydrogen-bond donors (Lipinski definition) is 12. The van der Waals surface area contributed by atoms with Crippen LogP contribution in [0.25, 0.3) is 0 Å². The number of carbonyl (C=O) groups excluding carboxylic acids is 1. The topological polar surface area (TPSA) is 307 Å². The molecule has 17 atom stereocenters. The van der Waals surface area contributed by atoms with Crippen molar-refractivity contribution in [2.75, 3.05) is 26.4 Å². The van der Waals surface area contributed by atoms with E-state index in [4.69, 9.17) is 28.4 Å². The lowest BCUT2D eigenvalue weighted by molar-refractivity contribution is -0.379. The lowest BCUT2D eigenvalue weighted by atomic mass is 9.96. The average molecular weight is 1180 g/mol. The molecule has 1 amide bonds. The van der Waals surface area contributed by atoms with Crippen molar-refractivity contribution < 1.29 is 89.4 Å². The van der Waals surface area contributed by atoms with Crippen LogP contribution < -0.4 is 5.32 Å². The maximum Gasteiger partial charge on any atom is 0.220 e. The van der Waals surface area contributed by atoms with Crippen LogP contribution in [-0.2, 0) is 33.2 Å². The van der Waals surface area contributed by atoms with Gasteiger partial charge in [-0.3, -0.25) is 4.79 Å². The molecule has 3 aliphatic heterocycles. The molecule has 12 N–H and O–H groups in total. The van der Waals surface area contributed by atoms with Gasteiger partial charge in [-0.15, -0.1) is 0 Å². The molecule has 0 aromatic heterocycles. The van der Waals surface area contributed by atoms with Crippen molar-refractivity contribution in [3.8, 4) is 0 Å². The number of amides is 1. The zero-order chi connectivity index (χ0) is 59.7. The Balaban J connectivity index is 1.45. The van der Waals surface area contributed by atoms with Gasteiger partial charge in [0.15, 0.2) is 18.9 Å². The summed E-state index contributed by atoms with van der Waals surface area (Å²) in [5, 5.41) is 121. The quantitative estimate of drug-likeness (QED) is 0.0262. The molecule has 19 nitrogen and oxygen atoms in total. The minimum absolute atomic E-state index is 0.237. The largest absolute Gasteiger partial charge is 0.394 e. The molecule has 0 saturated carbocycles. The first-order valence-electron chi connectivity index (χ1n) is 33.3. The summed E-state index contributed by atoms with van der Waals surface area (Å²) in [6.45, 7) is 1.83. The van der Waals surface area contributed by atoms with Crippen LogP contribution in [0.5, 0.6) is 0 Å². The first-order chi connectivity index (χ1) is 39.8. The maximum atomic E-state index is 13.4. The van der Waals surface area contributed by atoms with Gasteiger partial charge in [0, 0.05) is 6.42 Å². The number of rotatable bonds is 51. The Hall–Kier alpha value is -1.21. The van der Waals surface area contributed by atoms with Gasteiger partial charge in [-0.2, -0.15) is 0 Å². The Morgan fingerprint density at radius 3 is 1.06 bits per heavy atom. The van der Waals surface area contributed by atoms with E-state index in [2.05, 4.69) is 19.2 Å². The minimum Gasteiger partial charge on any atom is -0.394 e. The van der Waals surface area contributed by atoms with Gasteiger partial charge in [-0.25, -0.2) is 0 Å². The van der Waals surface area contributed by atoms with E-state index in [1.165, 1.54) is 186 Å². The standard InChI is InChI=1S/C63H121NO18/c1-3-5-7-9-11-13-15-17-19-20-21-22-23-24-25-27-28-30-32-34-36-38-40-47(68)46(64-51(69)41-39-37-35-33-31-29-26-18-16-14-12-10-8-6-4-2)45-77-61-57(75)54(72)59(49(43-66)79-61)82-63-58(76)55(73)60(50(44-67)80-63)81-62-56(74)53(71)52(70)48(42-65)78-62/h46-50,52-63,65-68,70-76H,3-45H2,1-2H3,(H,64,69). The fourth-order valence-corrected chi connectivity index (χ4v) is 11.7. The van der Waals surface area contributed by atoms with E-state index in [1.807, 2.05) is 0 Å². The van der Waals surface area contributed by atoms with Gasteiger partial charge in [0.25, 0.3) is 0 Å². The number of aliphatic hydroxyl groups is 11.